The molecular weight excluding hydrogens is 371 g/mol. The molecule has 0 bridgehead atoms. The third kappa shape index (κ3) is 6.18. The first-order valence-electron chi connectivity index (χ1n) is 6.27. The number of non-ortho nitro benzene ring substituents is 1. The molecule has 2 N–H and O–H groups in total. The van der Waals surface area contributed by atoms with Gasteiger partial charge in [0.25, 0.3) is 5.69 Å². The molecule has 0 aliphatic rings. The van der Waals surface area contributed by atoms with E-state index in [9.17, 15) is 10.1 Å². The average Bonchev–Trinajstić information content (AvgIpc) is 2.43. The van der Waals surface area contributed by atoms with E-state index < -0.39 is 4.92 Å². The van der Waals surface area contributed by atoms with Crippen molar-refractivity contribution in [1.29, 1.82) is 0 Å². The summed E-state index contributed by atoms with van der Waals surface area (Å²) in [6.45, 7) is 4.66. The van der Waals surface area contributed by atoms with Gasteiger partial charge in [-0.1, -0.05) is 19.1 Å². The van der Waals surface area contributed by atoms with Gasteiger partial charge in [-0.15, -0.1) is 24.0 Å². The van der Waals surface area contributed by atoms with E-state index >= 15 is 0 Å². The van der Waals surface area contributed by atoms with Gasteiger partial charge >= 0.3 is 0 Å². The van der Waals surface area contributed by atoms with Crippen LogP contribution >= 0.6 is 24.0 Å². The molecule has 0 aliphatic heterocycles. The summed E-state index contributed by atoms with van der Waals surface area (Å²) in [6.07, 6.45) is 0.998. The van der Waals surface area contributed by atoms with Gasteiger partial charge in [-0.2, -0.15) is 0 Å². The molecule has 0 fully saturated rings. The number of benzene rings is 1. The molecule has 1 aromatic carbocycles. The Kier molecular flexibility index (Phi) is 8.86. The van der Waals surface area contributed by atoms with Crippen molar-refractivity contribution in [3.05, 3.63) is 39.9 Å². The molecule has 0 saturated heterocycles. The molecular formula is C13H21IN4O2. The lowest BCUT2D eigenvalue weighted by molar-refractivity contribution is -0.384. The molecule has 7 heteroatoms. The van der Waals surface area contributed by atoms with Gasteiger partial charge in [0.1, 0.15) is 0 Å². The van der Waals surface area contributed by atoms with Gasteiger partial charge in [0.2, 0.25) is 0 Å². The van der Waals surface area contributed by atoms with Crippen molar-refractivity contribution in [3.8, 4) is 0 Å². The quantitative estimate of drug-likeness (QED) is 0.266. The normalized spacial score (nSPS) is 12.2. The lowest BCUT2D eigenvalue weighted by Crippen LogP contribution is -2.41. The Bertz CT molecular complexity index is 465. The lowest BCUT2D eigenvalue weighted by atomic mass is 10.2. The van der Waals surface area contributed by atoms with Crippen molar-refractivity contribution in [2.75, 3.05) is 7.05 Å². The van der Waals surface area contributed by atoms with E-state index in [-0.39, 0.29) is 29.7 Å². The Morgan fingerprint density at radius 1 is 1.50 bits per heavy atom. The molecule has 1 aromatic rings. The largest absolute Gasteiger partial charge is 0.354 e. The predicted molar refractivity (Wildman–Crippen MR) is 91.6 cm³/mol. The fourth-order valence-corrected chi connectivity index (χ4v) is 1.50. The second kappa shape index (κ2) is 9.51. The molecule has 1 unspecified atom stereocenters. The van der Waals surface area contributed by atoms with Crippen LogP contribution in [0.3, 0.4) is 0 Å². The highest BCUT2D eigenvalue weighted by Crippen LogP contribution is 2.12. The highest BCUT2D eigenvalue weighted by molar-refractivity contribution is 14.0. The number of nitrogens with one attached hydrogen (secondary N) is 2. The van der Waals surface area contributed by atoms with E-state index in [2.05, 4.69) is 29.5 Å². The van der Waals surface area contributed by atoms with Gasteiger partial charge in [-0.3, -0.25) is 15.1 Å². The number of aliphatic imine (C=N–C) groups is 1. The van der Waals surface area contributed by atoms with E-state index in [1.807, 2.05) is 6.07 Å². The summed E-state index contributed by atoms with van der Waals surface area (Å²) in [5, 5.41) is 17.0. The van der Waals surface area contributed by atoms with Crippen LogP contribution in [0.5, 0.6) is 0 Å². The number of nitro benzene ring substituents is 1. The Hall–Kier alpha value is -1.38. The van der Waals surface area contributed by atoms with Gasteiger partial charge in [0.05, 0.1) is 4.92 Å². The summed E-state index contributed by atoms with van der Waals surface area (Å²) in [5.41, 5.74) is 0.950. The van der Waals surface area contributed by atoms with Crippen molar-refractivity contribution < 1.29 is 4.92 Å². The summed E-state index contributed by atoms with van der Waals surface area (Å²) in [7, 11) is 1.70. The first kappa shape index (κ1) is 18.6. The van der Waals surface area contributed by atoms with E-state index in [4.69, 9.17) is 0 Å². The van der Waals surface area contributed by atoms with E-state index in [1.54, 1.807) is 19.2 Å². The zero-order valence-corrected chi connectivity index (χ0v) is 14.3. The number of nitrogens with zero attached hydrogens (tertiary/aromatic N) is 2. The maximum absolute atomic E-state index is 10.7. The monoisotopic (exact) mass is 392 g/mol. The minimum atomic E-state index is -0.393. The molecule has 0 amide bonds. The zero-order chi connectivity index (χ0) is 14.3. The number of hydrogen-bond donors (Lipinski definition) is 2. The molecule has 1 rings (SSSR count). The first-order valence-corrected chi connectivity index (χ1v) is 6.27. The van der Waals surface area contributed by atoms with Gasteiger partial charge in [-0.25, -0.2) is 0 Å². The minimum absolute atomic E-state index is 0. The third-order valence-corrected chi connectivity index (χ3v) is 2.80. The minimum Gasteiger partial charge on any atom is -0.354 e. The van der Waals surface area contributed by atoms with Gasteiger partial charge in [0.15, 0.2) is 5.96 Å². The van der Waals surface area contributed by atoms with Crippen molar-refractivity contribution in [2.45, 2.75) is 32.9 Å². The number of nitro groups is 1. The molecule has 0 aromatic heterocycles. The van der Waals surface area contributed by atoms with Crippen molar-refractivity contribution in [1.82, 2.24) is 10.6 Å². The molecule has 112 valence electrons. The number of rotatable bonds is 5. The zero-order valence-electron chi connectivity index (χ0n) is 11.9. The fraction of sp³-hybridized carbons (Fsp3) is 0.462. The van der Waals surface area contributed by atoms with Crippen LogP contribution in [0.1, 0.15) is 25.8 Å². The van der Waals surface area contributed by atoms with Gasteiger partial charge in [0, 0.05) is 31.8 Å². The third-order valence-electron chi connectivity index (χ3n) is 2.80. The van der Waals surface area contributed by atoms with Crippen LogP contribution in [-0.2, 0) is 6.54 Å². The van der Waals surface area contributed by atoms with Crippen LogP contribution in [0.15, 0.2) is 29.3 Å². The predicted octanol–water partition coefficient (Wildman–Crippen LogP) is 2.68. The Labute approximate surface area is 136 Å². The highest BCUT2D eigenvalue weighted by Gasteiger charge is 2.06. The summed E-state index contributed by atoms with van der Waals surface area (Å²) in [5.74, 6) is 0.695. The van der Waals surface area contributed by atoms with E-state index in [0.717, 1.165) is 12.0 Å². The van der Waals surface area contributed by atoms with Crippen LogP contribution in [0, 0.1) is 10.1 Å². The lowest BCUT2D eigenvalue weighted by Gasteiger charge is -2.16. The van der Waals surface area contributed by atoms with Crippen molar-refractivity contribution in [3.63, 3.8) is 0 Å². The maximum Gasteiger partial charge on any atom is 0.269 e. The second-order valence-electron chi connectivity index (χ2n) is 4.31. The number of guanidine groups is 1. The maximum atomic E-state index is 10.7. The molecule has 20 heavy (non-hydrogen) atoms. The van der Waals surface area contributed by atoms with Crippen molar-refractivity contribution in [2.24, 2.45) is 4.99 Å². The highest BCUT2D eigenvalue weighted by atomic mass is 127. The standard InChI is InChI=1S/C13H20N4O2.HI/c1-4-10(2)16-13(14-3)15-9-11-6-5-7-12(8-11)17(18)19;/h5-8,10H,4,9H2,1-3H3,(H2,14,15,16);1H. The summed E-state index contributed by atoms with van der Waals surface area (Å²) in [6, 6.07) is 6.90. The molecule has 6 nitrogen and oxygen atoms in total. The average molecular weight is 392 g/mol. The van der Waals surface area contributed by atoms with E-state index in [1.165, 1.54) is 6.07 Å². The summed E-state index contributed by atoms with van der Waals surface area (Å²) >= 11 is 0. The van der Waals surface area contributed by atoms with Gasteiger partial charge in [-0.05, 0) is 18.9 Å². The first-order chi connectivity index (χ1) is 9.06. The SMILES string of the molecule is CCC(C)NC(=NC)NCc1cccc([N+](=O)[O-])c1.I. The van der Waals surface area contributed by atoms with Crippen LogP contribution in [0.2, 0.25) is 0 Å². The number of halogens is 1. The molecule has 0 saturated carbocycles. The summed E-state index contributed by atoms with van der Waals surface area (Å²) in [4.78, 5) is 14.4. The van der Waals surface area contributed by atoms with Crippen molar-refractivity contribution >= 4 is 35.6 Å². The molecule has 0 radical (unpaired) electrons. The topological polar surface area (TPSA) is 79.6 Å². The van der Waals surface area contributed by atoms with Gasteiger partial charge < -0.3 is 10.6 Å². The van der Waals surface area contributed by atoms with Crippen LogP contribution in [0.25, 0.3) is 0 Å². The Morgan fingerprint density at radius 3 is 2.75 bits per heavy atom. The molecule has 0 heterocycles. The molecule has 0 aliphatic carbocycles. The second-order valence-corrected chi connectivity index (χ2v) is 4.31. The Balaban J connectivity index is 0.00000361. The van der Waals surface area contributed by atoms with E-state index in [0.29, 0.717) is 18.5 Å². The molecule has 0 spiro atoms. The smallest absolute Gasteiger partial charge is 0.269 e. The summed E-state index contributed by atoms with van der Waals surface area (Å²) < 4.78 is 0. The fourth-order valence-electron chi connectivity index (χ4n) is 1.50. The van der Waals surface area contributed by atoms with Crippen LogP contribution < -0.4 is 10.6 Å². The van der Waals surface area contributed by atoms with Crippen LogP contribution in [0.4, 0.5) is 5.69 Å². The Morgan fingerprint density at radius 2 is 2.20 bits per heavy atom. The number of hydrogen-bond acceptors (Lipinski definition) is 3. The van der Waals surface area contributed by atoms with Crippen LogP contribution in [-0.4, -0.2) is 24.0 Å². The molecule has 1 atom stereocenters.